The molecule has 0 fully saturated rings. The van der Waals surface area contributed by atoms with Crippen molar-refractivity contribution in [1.82, 2.24) is 14.1 Å². The fraction of sp³-hybridized carbons (Fsp3) is 0.200. The van der Waals surface area contributed by atoms with Crippen molar-refractivity contribution in [3.8, 4) is 11.4 Å². The number of aromatic nitrogens is 3. The van der Waals surface area contributed by atoms with E-state index in [0.29, 0.717) is 29.8 Å². The second-order valence-electron chi connectivity index (χ2n) is 6.41. The predicted molar refractivity (Wildman–Crippen MR) is 113 cm³/mol. The van der Waals surface area contributed by atoms with E-state index >= 15 is 0 Å². The number of nitro groups is 1. The molecule has 0 atom stereocenters. The van der Waals surface area contributed by atoms with Gasteiger partial charge in [-0.1, -0.05) is 17.8 Å². The lowest BCUT2D eigenvalue weighted by molar-refractivity contribution is -0.384. The predicted octanol–water partition coefficient (Wildman–Crippen LogP) is 3.88. The quantitative estimate of drug-likeness (QED) is 0.182. The van der Waals surface area contributed by atoms with Crippen molar-refractivity contribution in [3.63, 3.8) is 0 Å². The second-order valence-corrected chi connectivity index (χ2v) is 7.47. The summed E-state index contributed by atoms with van der Waals surface area (Å²) in [5.41, 5.74) is 1.63. The minimum Gasteiger partial charge on any atom is -0.497 e. The largest absolute Gasteiger partial charge is 0.497 e. The molecule has 0 unspecified atom stereocenters. The SMILES string of the molecule is COc1cccc(-n2ccnc2SCCCn2c(=O)oc3ccc([N+](=O)[O-])cc32)c1. The highest BCUT2D eigenvalue weighted by molar-refractivity contribution is 7.99. The van der Waals surface area contributed by atoms with E-state index in [-0.39, 0.29) is 5.69 Å². The number of imidazole rings is 1. The summed E-state index contributed by atoms with van der Waals surface area (Å²) in [6, 6.07) is 11.8. The molecule has 4 aromatic rings. The summed E-state index contributed by atoms with van der Waals surface area (Å²) in [5, 5.41) is 11.8. The van der Waals surface area contributed by atoms with Gasteiger partial charge in [0, 0.05) is 42.9 Å². The van der Waals surface area contributed by atoms with Gasteiger partial charge in [-0.05, 0) is 24.6 Å². The number of thioether (sulfide) groups is 1. The number of fused-ring (bicyclic) bond motifs is 1. The summed E-state index contributed by atoms with van der Waals surface area (Å²) in [6.45, 7) is 0.389. The van der Waals surface area contributed by atoms with Crippen LogP contribution in [0.2, 0.25) is 0 Å². The van der Waals surface area contributed by atoms with E-state index < -0.39 is 10.7 Å². The molecule has 0 saturated carbocycles. The summed E-state index contributed by atoms with van der Waals surface area (Å²) in [4.78, 5) is 27.1. The number of ether oxygens (including phenoxy) is 1. The third-order valence-electron chi connectivity index (χ3n) is 4.56. The number of oxazole rings is 1. The highest BCUT2D eigenvalue weighted by Gasteiger charge is 2.14. The molecule has 0 amide bonds. The van der Waals surface area contributed by atoms with Gasteiger partial charge in [0.25, 0.3) is 5.69 Å². The zero-order valence-corrected chi connectivity index (χ0v) is 16.9. The standard InChI is InChI=1S/C20H18N4O5S/c1-28-16-5-2-4-14(12-16)22-10-8-21-19(22)30-11-3-9-23-17-13-15(24(26)27)6-7-18(17)29-20(23)25/h2,4-8,10,12-13H,3,9,11H2,1H3. The molecular formula is C20H18N4O5S. The average molecular weight is 426 g/mol. The van der Waals surface area contributed by atoms with Gasteiger partial charge in [0.2, 0.25) is 0 Å². The third-order valence-corrected chi connectivity index (χ3v) is 5.61. The van der Waals surface area contributed by atoms with Crippen molar-refractivity contribution in [1.29, 1.82) is 0 Å². The van der Waals surface area contributed by atoms with Crippen LogP contribution in [0.25, 0.3) is 16.8 Å². The number of rotatable bonds is 8. The number of aryl methyl sites for hydroxylation is 1. The molecule has 0 bridgehead atoms. The van der Waals surface area contributed by atoms with E-state index in [9.17, 15) is 14.9 Å². The van der Waals surface area contributed by atoms with Gasteiger partial charge in [-0.15, -0.1) is 0 Å². The highest BCUT2D eigenvalue weighted by Crippen LogP contribution is 2.24. The monoisotopic (exact) mass is 426 g/mol. The smallest absolute Gasteiger partial charge is 0.419 e. The van der Waals surface area contributed by atoms with Crippen LogP contribution < -0.4 is 10.5 Å². The van der Waals surface area contributed by atoms with Gasteiger partial charge in [0.15, 0.2) is 10.7 Å². The minimum absolute atomic E-state index is 0.0771. The van der Waals surface area contributed by atoms with Crippen LogP contribution in [0.4, 0.5) is 5.69 Å². The van der Waals surface area contributed by atoms with Gasteiger partial charge in [-0.3, -0.25) is 19.2 Å². The molecule has 0 spiro atoms. The molecular weight excluding hydrogens is 408 g/mol. The first-order valence-corrected chi connectivity index (χ1v) is 10.1. The second kappa shape index (κ2) is 8.46. The molecule has 2 aromatic heterocycles. The summed E-state index contributed by atoms with van der Waals surface area (Å²) < 4.78 is 13.9. The number of non-ortho nitro benzene ring substituents is 1. The molecule has 0 radical (unpaired) electrons. The Balaban J connectivity index is 1.45. The Hall–Kier alpha value is -3.53. The van der Waals surface area contributed by atoms with E-state index in [0.717, 1.165) is 16.6 Å². The van der Waals surface area contributed by atoms with Crippen molar-refractivity contribution in [2.75, 3.05) is 12.9 Å². The lowest BCUT2D eigenvalue weighted by atomic mass is 10.3. The molecule has 0 aliphatic carbocycles. The van der Waals surface area contributed by atoms with Gasteiger partial charge >= 0.3 is 5.76 Å². The molecule has 30 heavy (non-hydrogen) atoms. The molecule has 0 aliphatic heterocycles. The first-order valence-electron chi connectivity index (χ1n) is 9.15. The van der Waals surface area contributed by atoms with Gasteiger partial charge in [0.05, 0.1) is 23.2 Å². The van der Waals surface area contributed by atoms with Crippen molar-refractivity contribution in [3.05, 3.63) is 75.5 Å². The van der Waals surface area contributed by atoms with Crippen molar-refractivity contribution in [2.45, 2.75) is 18.1 Å². The summed E-state index contributed by atoms with van der Waals surface area (Å²) in [5.74, 6) is 0.945. The number of hydrogen-bond donors (Lipinski definition) is 0. The maximum Gasteiger partial charge on any atom is 0.419 e. The fourth-order valence-corrected chi connectivity index (χ4v) is 4.01. The summed E-state index contributed by atoms with van der Waals surface area (Å²) in [7, 11) is 1.62. The molecule has 2 aromatic carbocycles. The minimum atomic E-state index is -0.520. The Bertz CT molecular complexity index is 1260. The first-order chi connectivity index (χ1) is 14.6. The third kappa shape index (κ3) is 3.94. The van der Waals surface area contributed by atoms with Crippen LogP contribution in [0.3, 0.4) is 0 Å². The topological polar surface area (TPSA) is 105 Å². The Morgan fingerprint density at radius 2 is 2.13 bits per heavy atom. The van der Waals surface area contributed by atoms with E-state index in [1.54, 1.807) is 25.1 Å². The Labute approximate surface area is 175 Å². The maximum atomic E-state index is 12.1. The van der Waals surface area contributed by atoms with Crippen molar-refractivity contribution >= 4 is 28.5 Å². The summed E-state index contributed by atoms with van der Waals surface area (Å²) in [6.07, 6.45) is 4.27. The molecule has 2 heterocycles. The molecule has 0 aliphatic rings. The van der Waals surface area contributed by atoms with Gasteiger partial charge in [0.1, 0.15) is 5.75 Å². The van der Waals surface area contributed by atoms with E-state index in [1.165, 1.54) is 22.8 Å². The van der Waals surface area contributed by atoms with Crippen LogP contribution in [0.5, 0.6) is 5.75 Å². The number of methoxy groups -OCH3 is 1. The lowest BCUT2D eigenvalue weighted by Gasteiger charge is -2.09. The van der Waals surface area contributed by atoms with E-state index in [1.807, 2.05) is 35.0 Å². The van der Waals surface area contributed by atoms with Crippen LogP contribution in [-0.4, -0.2) is 31.9 Å². The van der Waals surface area contributed by atoms with Crippen LogP contribution in [0, 0.1) is 10.1 Å². The zero-order valence-electron chi connectivity index (χ0n) is 16.1. The summed E-state index contributed by atoms with van der Waals surface area (Å²) >= 11 is 1.56. The molecule has 0 N–H and O–H groups in total. The fourth-order valence-electron chi connectivity index (χ4n) is 3.12. The van der Waals surface area contributed by atoms with Gasteiger partial charge in [-0.2, -0.15) is 0 Å². The van der Waals surface area contributed by atoms with Crippen molar-refractivity contribution in [2.24, 2.45) is 0 Å². The van der Waals surface area contributed by atoms with Crippen LogP contribution in [-0.2, 0) is 6.54 Å². The average Bonchev–Trinajstić information content (AvgIpc) is 3.34. The van der Waals surface area contributed by atoms with Crippen LogP contribution in [0.1, 0.15) is 6.42 Å². The number of nitro benzene ring substituents is 1. The Kier molecular flexibility index (Phi) is 5.57. The first kappa shape index (κ1) is 19.8. The normalized spacial score (nSPS) is 11.1. The van der Waals surface area contributed by atoms with Crippen LogP contribution in [0.15, 0.2) is 69.2 Å². The van der Waals surface area contributed by atoms with Gasteiger partial charge < -0.3 is 9.15 Å². The zero-order chi connectivity index (χ0) is 21.1. The lowest BCUT2D eigenvalue weighted by Crippen LogP contribution is -2.14. The molecule has 10 heteroatoms. The Morgan fingerprint density at radius 3 is 2.93 bits per heavy atom. The highest BCUT2D eigenvalue weighted by atomic mass is 32.2. The van der Waals surface area contributed by atoms with Crippen LogP contribution >= 0.6 is 11.8 Å². The van der Waals surface area contributed by atoms with E-state index in [2.05, 4.69) is 4.98 Å². The van der Waals surface area contributed by atoms with Gasteiger partial charge in [-0.25, -0.2) is 9.78 Å². The maximum absolute atomic E-state index is 12.1. The van der Waals surface area contributed by atoms with E-state index in [4.69, 9.17) is 9.15 Å². The van der Waals surface area contributed by atoms with Crippen molar-refractivity contribution < 1.29 is 14.1 Å². The molecule has 4 rings (SSSR count). The number of benzene rings is 2. The Morgan fingerprint density at radius 1 is 1.27 bits per heavy atom. The molecule has 154 valence electrons. The number of hydrogen-bond acceptors (Lipinski definition) is 7. The number of nitrogens with zero attached hydrogens (tertiary/aromatic N) is 4. The molecule has 0 saturated heterocycles. The molecule has 9 nitrogen and oxygen atoms in total.